The van der Waals surface area contributed by atoms with E-state index >= 15 is 0 Å². The highest BCUT2D eigenvalue weighted by molar-refractivity contribution is 7.90. The van der Waals surface area contributed by atoms with E-state index in [2.05, 4.69) is 0 Å². The molecule has 1 aliphatic rings. The summed E-state index contributed by atoms with van der Waals surface area (Å²) in [6, 6.07) is 1.46. The van der Waals surface area contributed by atoms with Crippen LogP contribution < -0.4 is 11.3 Å². The lowest BCUT2D eigenvalue weighted by Gasteiger charge is -2.05. The van der Waals surface area contributed by atoms with E-state index in [0.717, 1.165) is 0 Å². The maximum absolute atomic E-state index is 11.4. The summed E-state index contributed by atoms with van der Waals surface area (Å²) in [4.78, 5) is 11.4. The number of nitrogens with zero attached hydrogens (tertiary/aromatic N) is 1. The average molecular weight is 214 g/mol. The van der Waals surface area contributed by atoms with Gasteiger partial charge in [-0.1, -0.05) is 0 Å². The summed E-state index contributed by atoms with van der Waals surface area (Å²) in [6.07, 6.45) is 0. The van der Waals surface area contributed by atoms with Gasteiger partial charge in [0.25, 0.3) is 5.56 Å². The molecule has 0 saturated heterocycles. The molecule has 0 radical (unpaired) electrons. The van der Waals surface area contributed by atoms with Gasteiger partial charge in [0.2, 0.25) is 0 Å². The highest BCUT2D eigenvalue weighted by Gasteiger charge is 2.27. The van der Waals surface area contributed by atoms with Gasteiger partial charge in [-0.3, -0.25) is 4.79 Å². The van der Waals surface area contributed by atoms with Gasteiger partial charge in [-0.05, 0) is 11.6 Å². The Labute approximate surface area is 81.1 Å². The maximum atomic E-state index is 11.4. The largest absolute Gasteiger partial charge is 0.394 e. The van der Waals surface area contributed by atoms with Crippen molar-refractivity contribution in [2.24, 2.45) is 7.05 Å². The van der Waals surface area contributed by atoms with Crippen molar-refractivity contribution in [3.8, 4) is 0 Å². The molecule has 0 spiro atoms. The number of nitrogen functional groups attached to an aromatic ring is 1. The van der Waals surface area contributed by atoms with Gasteiger partial charge in [-0.25, -0.2) is 8.42 Å². The Bertz CT molecular complexity index is 557. The number of sulfone groups is 1. The van der Waals surface area contributed by atoms with Crippen molar-refractivity contribution in [2.45, 2.75) is 11.5 Å². The minimum Gasteiger partial charge on any atom is -0.394 e. The zero-order chi connectivity index (χ0) is 10.5. The third-order valence-corrected chi connectivity index (χ3v) is 3.85. The molecule has 0 fully saturated rings. The lowest BCUT2D eigenvalue weighted by atomic mass is 10.2. The van der Waals surface area contributed by atoms with Gasteiger partial charge in [0, 0.05) is 12.7 Å². The molecule has 0 amide bonds. The van der Waals surface area contributed by atoms with E-state index in [1.807, 2.05) is 0 Å². The molecule has 0 aromatic carbocycles. The number of nitrogens with two attached hydrogens (primary N) is 1. The number of hydrogen-bond acceptors (Lipinski definition) is 4. The highest BCUT2D eigenvalue weighted by Crippen LogP contribution is 2.24. The van der Waals surface area contributed by atoms with Crippen LogP contribution in [0.3, 0.4) is 0 Å². The second-order valence-corrected chi connectivity index (χ2v) is 5.53. The lowest BCUT2D eigenvalue weighted by molar-refractivity contribution is 0.597. The smallest absolute Gasteiger partial charge is 0.273 e. The molecule has 0 aliphatic carbocycles. The summed E-state index contributed by atoms with van der Waals surface area (Å²) < 4.78 is 23.9. The molecule has 0 atom stereocenters. The molecule has 1 aromatic rings. The van der Waals surface area contributed by atoms with E-state index in [0.29, 0.717) is 11.3 Å². The number of hydrogen-bond donors (Lipinski definition) is 1. The van der Waals surface area contributed by atoms with Gasteiger partial charge in [-0.15, -0.1) is 0 Å². The number of anilines is 1. The number of fused-ring (bicyclic) bond motifs is 1. The van der Waals surface area contributed by atoms with Gasteiger partial charge in [0.15, 0.2) is 9.84 Å². The van der Waals surface area contributed by atoms with Crippen LogP contribution >= 0.6 is 0 Å². The van der Waals surface area contributed by atoms with Gasteiger partial charge in [-0.2, -0.15) is 0 Å². The van der Waals surface area contributed by atoms with E-state index in [-0.39, 0.29) is 22.8 Å². The first-order chi connectivity index (χ1) is 6.41. The molecule has 2 heterocycles. The van der Waals surface area contributed by atoms with Gasteiger partial charge < -0.3 is 10.3 Å². The normalized spacial score (nSPS) is 18.1. The number of pyridine rings is 1. The SMILES string of the molecule is Cn1c2c(cc(N)c1=O)CS(=O)(=O)C2. The van der Waals surface area contributed by atoms with Crippen LogP contribution in [0.25, 0.3) is 0 Å². The quantitative estimate of drug-likeness (QED) is 0.625. The van der Waals surface area contributed by atoms with Crippen LogP contribution in [0.15, 0.2) is 10.9 Å². The van der Waals surface area contributed by atoms with E-state index in [1.165, 1.54) is 10.6 Å². The molecule has 0 saturated carbocycles. The molecule has 76 valence electrons. The fraction of sp³-hybridized carbons (Fsp3) is 0.375. The van der Waals surface area contributed by atoms with E-state index in [9.17, 15) is 13.2 Å². The van der Waals surface area contributed by atoms with Gasteiger partial charge >= 0.3 is 0 Å². The second kappa shape index (κ2) is 2.60. The van der Waals surface area contributed by atoms with Crippen LogP contribution in [0.2, 0.25) is 0 Å². The molecule has 1 aliphatic heterocycles. The molecule has 2 rings (SSSR count). The molecule has 0 bridgehead atoms. The predicted octanol–water partition coefficient (Wildman–Crippen LogP) is -0.604. The fourth-order valence-electron chi connectivity index (χ4n) is 1.68. The van der Waals surface area contributed by atoms with Crippen molar-refractivity contribution in [1.29, 1.82) is 0 Å². The first kappa shape index (κ1) is 9.26. The first-order valence-electron chi connectivity index (χ1n) is 4.08. The van der Waals surface area contributed by atoms with Gasteiger partial charge in [0.1, 0.15) is 0 Å². The molecule has 0 unspecified atom stereocenters. The van der Waals surface area contributed by atoms with Crippen LogP contribution in [0.4, 0.5) is 5.69 Å². The Morgan fingerprint density at radius 1 is 1.43 bits per heavy atom. The van der Waals surface area contributed by atoms with Crippen LogP contribution in [-0.4, -0.2) is 13.0 Å². The lowest BCUT2D eigenvalue weighted by Crippen LogP contribution is -2.23. The van der Waals surface area contributed by atoms with E-state index in [1.54, 1.807) is 7.05 Å². The zero-order valence-electron chi connectivity index (χ0n) is 7.65. The summed E-state index contributed by atoms with van der Waals surface area (Å²) in [7, 11) is -1.54. The summed E-state index contributed by atoms with van der Waals surface area (Å²) in [6.45, 7) is 0. The first-order valence-corrected chi connectivity index (χ1v) is 5.90. The van der Waals surface area contributed by atoms with Crippen LogP contribution in [0.1, 0.15) is 11.3 Å². The third-order valence-electron chi connectivity index (χ3n) is 2.39. The Balaban J connectivity index is 2.77. The van der Waals surface area contributed by atoms with Crippen molar-refractivity contribution < 1.29 is 8.42 Å². The van der Waals surface area contributed by atoms with Crippen LogP contribution in [-0.2, 0) is 28.4 Å². The monoisotopic (exact) mass is 214 g/mol. The molecular weight excluding hydrogens is 204 g/mol. The predicted molar refractivity (Wildman–Crippen MR) is 52.4 cm³/mol. The van der Waals surface area contributed by atoms with Crippen molar-refractivity contribution in [2.75, 3.05) is 5.73 Å². The number of rotatable bonds is 0. The molecule has 1 aromatic heterocycles. The van der Waals surface area contributed by atoms with Gasteiger partial charge in [0.05, 0.1) is 17.2 Å². The highest BCUT2D eigenvalue weighted by atomic mass is 32.2. The van der Waals surface area contributed by atoms with Crippen molar-refractivity contribution in [1.82, 2.24) is 4.57 Å². The van der Waals surface area contributed by atoms with E-state index in [4.69, 9.17) is 5.73 Å². The second-order valence-electron chi connectivity index (χ2n) is 3.47. The Morgan fingerprint density at radius 3 is 2.71 bits per heavy atom. The van der Waals surface area contributed by atoms with Crippen LogP contribution in [0, 0.1) is 0 Å². The van der Waals surface area contributed by atoms with E-state index < -0.39 is 9.84 Å². The Morgan fingerprint density at radius 2 is 2.07 bits per heavy atom. The maximum Gasteiger partial charge on any atom is 0.273 e. The summed E-state index contributed by atoms with van der Waals surface area (Å²) in [5, 5.41) is 0. The average Bonchev–Trinajstić information content (AvgIpc) is 2.37. The minimum absolute atomic E-state index is 0.0132. The molecule has 2 N–H and O–H groups in total. The standard InChI is InChI=1S/C8H10N2O3S/c1-10-7-4-14(12,13)3-5(7)2-6(9)8(10)11/h2H,3-4,9H2,1H3. The van der Waals surface area contributed by atoms with Crippen molar-refractivity contribution in [3.05, 3.63) is 27.7 Å². The zero-order valence-corrected chi connectivity index (χ0v) is 8.47. The van der Waals surface area contributed by atoms with Crippen molar-refractivity contribution >= 4 is 15.5 Å². The van der Waals surface area contributed by atoms with Crippen molar-refractivity contribution in [3.63, 3.8) is 0 Å². The number of aromatic nitrogens is 1. The summed E-state index contributed by atoms with van der Waals surface area (Å²) >= 11 is 0. The molecular formula is C8H10N2O3S. The third kappa shape index (κ3) is 1.22. The minimum atomic E-state index is -3.08. The Kier molecular flexibility index (Phi) is 1.72. The topological polar surface area (TPSA) is 82.2 Å². The van der Waals surface area contributed by atoms with Crippen LogP contribution in [0.5, 0.6) is 0 Å². The molecule has 14 heavy (non-hydrogen) atoms. The molecule has 5 nitrogen and oxygen atoms in total. The molecule has 6 heteroatoms. The Hall–Kier alpha value is -1.30. The summed E-state index contributed by atoms with van der Waals surface area (Å²) in [5.74, 6) is -0.0744. The summed E-state index contributed by atoms with van der Waals surface area (Å²) in [5.41, 5.74) is 6.42. The fourth-order valence-corrected chi connectivity index (χ4v) is 3.30.